The van der Waals surface area contributed by atoms with Gasteiger partial charge in [-0.05, 0) is 49.7 Å². The molecule has 1 heterocycles. The monoisotopic (exact) mass is 401 g/mol. The van der Waals surface area contributed by atoms with Gasteiger partial charge in [-0.15, -0.1) is 0 Å². The molecule has 2 amide bonds. The minimum Gasteiger partial charge on any atom is -0.366 e. The number of hydrogen-bond acceptors (Lipinski definition) is 3. The first-order valence-corrected chi connectivity index (χ1v) is 8.43. The molecule has 0 saturated heterocycles. The maximum absolute atomic E-state index is 13.3. The van der Waals surface area contributed by atoms with E-state index in [9.17, 15) is 22.8 Å². The fourth-order valence-electron chi connectivity index (χ4n) is 2.75. The lowest BCUT2D eigenvalue weighted by molar-refractivity contribution is -0.137. The first-order valence-electron chi connectivity index (χ1n) is 8.43. The Bertz CT molecular complexity index is 1100. The van der Waals surface area contributed by atoms with E-state index in [0.717, 1.165) is 12.1 Å². The predicted octanol–water partition coefficient (Wildman–Crippen LogP) is 3.86. The maximum Gasteiger partial charge on any atom is 0.416 e. The number of nitrogens with two attached hydrogens (primary N) is 1. The van der Waals surface area contributed by atoms with E-state index in [0.29, 0.717) is 11.3 Å². The number of nitrogens with one attached hydrogen (secondary N) is 2. The van der Waals surface area contributed by atoms with Crippen molar-refractivity contribution in [2.24, 2.45) is 5.73 Å². The fourth-order valence-corrected chi connectivity index (χ4v) is 2.75. The normalized spacial score (nSPS) is 11.3. The van der Waals surface area contributed by atoms with E-state index in [4.69, 9.17) is 5.73 Å². The number of carbonyl (C=O) groups excluding carboxylic acids is 2. The van der Waals surface area contributed by atoms with Gasteiger partial charge in [0.15, 0.2) is 0 Å². The Morgan fingerprint density at radius 1 is 1.17 bits per heavy atom. The van der Waals surface area contributed by atoms with Crippen molar-refractivity contribution in [3.63, 3.8) is 0 Å². The van der Waals surface area contributed by atoms with Crippen molar-refractivity contribution in [2.45, 2.75) is 20.0 Å². The number of aryl methyl sites for hydroxylation is 2. The van der Waals surface area contributed by atoms with Crippen molar-refractivity contribution in [2.75, 3.05) is 5.32 Å². The molecule has 2 aromatic carbocycles. The number of halogens is 3. The highest BCUT2D eigenvalue weighted by Gasteiger charge is 2.32. The zero-order valence-electron chi connectivity index (χ0n) is 15.4. The molecule has 0 atom stereocenters. The summed E-state index contributed by atoms with van der Waals surface area (Å²) in [6.45, 7) is 3.31. The molecule has 1 aromatic heterocycles. The second-order valence-corrected chi connectivity index (χ2v) is 6.45. The lowest BCUT2D eigenvalue weighted by atomic mass is 10.0. The van der Waals surface area contributed by atoms with Crippen molar-refractivity contribution in [3.05, 3.63) is 70.5 Å². The first-order chi connectivity index (χ1) is 13.5. The molecule has 29 heavy (non-hydrogen) atoms. The minimum atomic E-state index is -4.64. The van der Waals surface area contributed by atoms with E-state index < -0.39 is 23.6 Å². The van der Waals surface area contributed by atoms with Crippen LogP contribution >= 0.6 is 0 Å². The number of imidazole rings is 1. The lowest BCUT2D eigenvalue weighted by Gasteiger charge is -2.12. The summed E-state index contributed by atoms with van der Waals surface area (Å²) in [4.78, 5) is 30.8. The van der Waals surface area contributed by atoms with Crippen LogP contribution in [0.5, 0.6) is 0 Å². The highest BCUT2D eigenvalue weighted by Crippen LogP contribution is 2.33. The molecule has 0 aliphatic rings. The number of aromatic amines is 1. The van der Waals surface area contributed by atoms with Crippen LogP contribution in [0.3, 0.4) is 0 Å². The van der Waals surface area contributed by atoms with Crippen LogP contribution in [0.4, 0.5) is 18.9 Å². The molecule has 0 bridgehead atoms. The summed E-state index contributed by atoms with van der Waals surface area (Å²) < 4.78 is 40.0. The number of carbonyl (C=O) groups is 2. The first kappa shape index (κ1) is 20.1. The zero-order valence-corrected chi connectivity index (χ0v) is 15.4. The number of amides is 2. The van der Waals surface area contributed by atoms with Crippen LogP contribution in [0.15, 0.2) is 36.5 Å². The smallest absolute Gasteiger partial charge is 0.366 e. The SMILES string of the molecule is Cc1c[nH]c(-c2cc(C(=O)Nc3[c]cc(C(N)=O)c(C)c3)cc(C(F)(F)F)c2)n1. The van der Waals surface area contributed by atoms with Gasteiger partial charge in [-0.2, -0.15) is 13.2 Å². The van der Waals surface area contributed by atoms with Crippen molar-refractivity contribution >= 4 is 17.5 Å². The molecule has 0 fully saturated rings. The van der Waals surface area contributed by atoms with Crippen LogP contribution in [-0.2, 0) is 6.18 Å². The summed E-state index contributed by atoms with van der Waals surface area (Å²) in [5, 5.41) is 2.48. The summed E-state index contributed by atoms with van der Waals surface area (Å²) in [5.41, 5.74) is 5.72. The number of primary amides is 1. The molecule has 3 rings (SSSR count). The van der Waals surface area contributed by atoms with Crippen molar-refractivity contribution in [3.8, 4) is 11.4 Å². The molecular weight excluding hydrogens is 385 g/mol. The van der Waals surface area contributed by atoms with Gasteiger partial charge in [0, 0.05) is 34.6 Å². The Morgan fingerprint density at radius 2 is 1.90 bits per heavy atom. The van der Waals surface area contributed by atoms with E-state index in [-0.39, 0.29) is 28.2 Å². The van der Waals surface area contributed by atoms with Crippen molar-refractivity contribution < 1.29 is 22.8 Å². The van der Waals surface area contributed by atoms with Gasteiger partial charge < -0.3 is 16.0 Å². The molecular formula is C20H16F3N4O2. The summed E-state index contributed by atoms with van der Waals surface area (Å²) >= 11 is 0. The molecule has 6 nitrogen and oxygen atoms in total. The van der Waals surface area contributed by atoms with Crippen LogP contribution in [0, 0.1) is 19.9 Å². The van der Waals surface area contributed by atoms with Gasteiger partial charge in [0.25, 0.3) is 5.91 Å². The zero-order chi connectivity index (χ0) is 21.3. The Labute approximate surface area is 164 Å². The summed E-state index contributed by atoms with van der Waals surface area (Å²) in [7, 11) is 0. The van der Waals surface area contributed by atoms with Gasteiger partial charge in [0.1, 0.15) is 5.82 Å². The molecule has 4 N–H and O–H groups in total. The number of benzene rings is 2. The fraction of sp³-hybridized carbons (Fsp3) is 0.150. The third kappa shape index (κ3) is 4.45. The highest BCUT2D eigenvalue weighted by atomic mass is 19.4. The van der Waals surface area contributed by atoms with E-state index in [2.05, 4.69) is 21.4 Å². The standard InChI is InChI=1S/C20H16F3N4O2/c1-10-5-15(3-4-16(10)17(24)28)27-19(29)13-6-12(18-25-9-11(2)26-18)7-14(8-13)20(21,22)23/h4-9H,1-2H3,(H2,24,28)(H,25,26)(H,27,29). The van der Waals surface area contributed by atoms with Gasteiger partial charge in [0.05, 0.1) is 11.3 Å². The maximum atomic E-state index is 13.3. The number of rotatable bonds is 4. The third-order valence-corrected chi connectivity index (χ3v) is 4.17. The Hall–Kier alpha value is -3.62. The highest BCUT2D eigenvalue weighted by molar-refractivity contribution is 6.05. The van der Waals surface area contributed by atoms with Crippen LogP contribution in [-0.4, -0.2) is 21.8 Å². The van der Waals surface area contributed by atoms with E-state index >= 15 is 0 Å². The number of aromatic nitrogens is 2. The second kappa shape index (κ2) is 7.42. The lowest BCUT2D eigenvalue weighted by Crippen LogP contribution is -2.16. The Balaban J connectivity index is 1.97. The average Bonchev–Trinajstić information content (AvgIpc) is 3.07. The van der Waals surface area contributed by atoms with Crippen molar-refractivity contribution in [1.82, 2.24) is 9.97 Å². The Morgan fingerprint density at radius 3 is 2.45 bits per heavy atom. The van der Waals surface area contributed by atoms with E-state index in [1.807, 2.05) is 0 Å². The van der Waals surface area contributed by atoms with Crippen LogP contribution in [0.2, 0.25) is 0 Å². The molecule has 0 aliphatic heterocycles. The summed E-state index contributed by atoms with van der Waals surface area (Å²) in [6, 6.07) is 8.46. The minimum absolute atomic E-state index is 0.127. The molecule has 149 valence electrons. The van der Waals surface area contributed by atoms with Gasteiger partial charge >= 0.3 is 6.18 Å². The van der Waals surface area contributed by atoms with Gasteiger partial charge in [0.2, 0.25) is 5.91 Å². The van der Waals surface area contributed by atoms with Crippen LogP contribution in [0.1, 0.15) is 37.5 Å². The number of nitrogens with zero attached hydrogens (tertiary/aromatic N) is 1. The molecule has 9 heteroatoms. The quantitative estimate of drug-likeness (QED) is 0.619. The number of H-pyrrole nitrogens is 1. The van der Waals surface area contributed by atoms with Gasteiger partial charge in [-0.25, -0.2) is 4.98 Å². The van der Waals surface area contributed by atoms with E-state index in [1.54, 1.807) is 20.0 Å². The number of anilines is 1. The molecule has 1 radical (unpaired) electrons. The third-order valence-electron chi connectivity index (χ3n) is 4.17. The van der Waals surface area contributed by atoms with E-state index in [1.165, 1.54) is 18.2 Å². The van der Waals surface area contributed by atoms with Crippen LogP contribution in [0.25, 0.3) is 11.4 Å². The van der Waals surface area contributed by atoms with Crippen molar-refractivity contribution in [1.29, 1.82) is 0 Å². The van der Waals surface area contributed by atoms with Crippen LogP contribution < -0.4 is 11.1 Å². The average molecular weight is 401 g/mol. The second-order valence-electron chi connectivity index (χ2n) is 6.45. The molecule has 0 saturated carbocycles. The predicted molar refractivity (Wildman–Crippen MR) is 100 cm³/mol. The summed E-state index contributed by atoms with van der Waals surface area (Å²) in [6.07, 6.45) is -3.09. The van der Waals surface area contributed by atoms with Gasteiger partial charge in [-0.3, -0.25) is 9.59 Å². The Kier molecular flexibility index (Phi) is 5.15. The topological polar surface area (TPSA) is 101 Å². The summed E-state index contributed by atoms with van der Waals surface area (Å²) in [5.74, 6) is -1.19. The largest absolute Gasteiger partial charge is 0.416 e. The van der Waals surface area contributed by atoms with Gasteiger partial charge in [-0.1, -0.05) is 0 Å². The molecule has 3 aromatic rings. The molecule has 0 unspecified atom stereocenters. The molecule has 0 spiro atoms. The number of hydrogen-bond donors (Lipinski definition) is 3. The molecule has 0 aliphatic carbocycles. The number of alkyl halides is 3.